The Hall–Kier alpha value is -1.56. The van der Waals surface area contributed by atoms with Crippen molar-refractivity contribution in [1.82, 2.24) is 0 Å². The van der Waals surface area contributed by atoms with Crippen molar-refractivity contribution in [2.75, 3.05) is 0 Å². The van der Waals surface area contributed by atoms with E-state index in [1.807, 2.05) is 0 Å². The number of benzene rings is 2. The molecule has 0 bridgehead atoms. The van der Waals surface area contributed by atoms with Gasteiger partial charge in [0.05, 0.1) is 0 Å². The highest BCUT2D eigenvalue weighted by atomic mass is 14.0. The van der Waals surface area contributed by atoms with Gasteiger partial charge in [0.2, 0.25) is 0 Å². The minimum Gasteiger partial charge on any atom is -0.0622 e. The Morgan fingerprint density at radius 3 is 1.29 bits per heavy atom. The Morgan fingerprint density at radius 1 is 0.571 bits per heavy atom. The molecule has 0 radical (unpaired) electrons. The Morgan fingerprint density at radius 2 is 0.929 bits per heavy atom. The first-order valence-electron chi connectivity index (χ1n) is 5.03. The SMILES string of the molecule is [H+].c1ccc(CCc2ccccc2)cc1. The van der Waals surface area contributed by atoms with Crippen LogP contribution in [0.4, 0.5) is 0 Å². The molecule has 0 fully saturated rings. The lowest BCUT2D eigenvalue weighted by atomic mass is 10.0. The second-order valence-electron chi connectivity index (χ2n) is 3.47. The molecule has 2 rings (SSSR count). The summed E-state index contributed by atoms with van der Waals surface area (Å²) in [7, 11) is 0. The Kier molecular flexibility index (Phi) is 2.97. The summed E-state index contributed by atoms with van der Waals surface area (Å²) in [5.74, 6) is 0. The summed E-state index contributed by atoms with van der Waals surface area (Å²) in [5.41, 5.74) is 2.83. The topological polar surface area (TPSA) is 0 Å². The Labute approximate surface area is 86.7 Å². The molecule has 0 N–H and O–H groups in total. The van der Waals surface area contributed by atoms with Crippen LogP contribution in [-0.2, 0) is 12.8 Å². The summed E-state index contributed by atoms with van der Waals surface area (Å²) in [4.78, 5) is 0. The van der Waals surface area contributed by atoms with Crippen LogP contribution in [0.2, 0.25) is 0 Å². The molecule has 0 aliphatic rings. The summed E-state index contributed by atoms with van der Waals surface area (Å²) in [6, 6.07) is 21.2. The molecule has 0 heteroatoms. The predicted molar refractivity (Wildman–Crippen MR) is 61.4 cm³/mol. The number of aryl methyl sites for hydroxylation is 2. The monoisotopic (exact) mass is 183 g/mol. The fraction of sp³-hybridized carbons (Fsp3) is 0.143. The van der Waals surface area contributed by atoms with Crippen LogP contribution in [-0.4, -0.2) is 0 Å². The van der Waals surface area contributed by atoms with Crippen molar-refractivity contribution in [3.8, 4) is 0 Å². The van der Waals surface area contributed by atoms with Gasteiger partial charge in [-0.2, -0.15) is 0 Å². The summed E-state index contributed by atoms with van der Waals surface area (Å²) in [5, 5.41) is 0. The molecule has 0 amide bonds. The molecule has 0 heterocycles. The van der Waals surface area contributed by atoms with E-state index in [4.69, 9.17) is 0 Å². The van der Waals surface area contributed by atoms with Crippen LogP contribution in [0.5, 0.6) is 0 Å². The zero-order valence-electron chi connectivity index (χ0n) is 9.19. The molecule has 0 aliphatic carbocycles. The number of rotatable bonds is 3. The van der Waals surface area contributed by atoms with Gasteiger partial charge in [-0.25, -0.2) is 0 Å². The average Bonchev–Trinajstić information content (AvgIpc) is 2.29. The molecule has 0 saturated carbocycles. The van der Waals surface area contributed by atoms with Crippen molar-refractivity contribution in [3.63, 3.8) is 0 Å². The summed E-state index contributed by atoms with van der Waals surface area (Å²) in [6.45, 7) is 0. The van der Waals surface area contributed by atoms with Crippen LogP contribution in [0.15, 0.2) is 60.7 Å². The maximum absolute atomic E-state index is 2.18. The summed E-state index contributed by atoms with van der Waals surface area (Å²) >= 11 is 0. The lowest BCUT2D eigenvalue weighted by Crippen LogP contribution is -1.89. The van der Waals surface area contributed by atoms with Crippen LogP contribution in [0.1, 0.15) is 12.6 Å². The first-order valence-corrected chi connectivity index (χ1v) is 5.03. The van der Waals surface area contributed by atoms with Crippen LogP contribution in [0.25, 0.3) is 0 Å². The third-order valence-electron chi connectivity index (χ3n) is 2.39. The average molecular weight is 183 g/mol. The van der Waals surface area contributed by atoms with Gasteiger partial charge in [0.1, 0.15) is 0 Å². The molecule has 0 spiro atoms. The van der Waals surface area contributed by atoms with E-state index in [0.29, 0.717) is 0 Å². The lowest BCUT2D eigenvalue weighted by molar-refractivity contribution is 0.960. The highest BCUT2D eigenvalue weighted by Gasteiger charge is 1.93. The van der Waals surface area contributed by atoms with E-state index < -0.39 is 0 Å². The molecule has 14 heavy (non-hydrogen) atoms. The molecular weight excluding hydrogens is 168 g/mol. The van der Waals surface area contributed by atoms with Crippen molar-refractivity contribution >= 4 is 0 Å². The number of hydrogen-bond acceptors (Lipinski definition) is 0. The van der Waals surface area contributed by atoms with Crippen molar-refractivity contribution in [2.45, 2.75) is 12.8 Å². The van der Waals surface area contributed by atoms with Gasteiger partial charge in [-0.1, -0.05) is 60.7 Å². The minimum absolute atomic E-state index is 0. The quantitative estimate of drug-likeness (QED) is 0.682. The maximum Gasteiger partial charge on any atom is 1.00 e. The van der Waals surface area contributed by atoms with Crippen LogP contribution < -0.4 is 0 Å². The van der Waals surface area contributed by atoms with Gasteiger partial charge in [0, 0.05) is 0 Å². The van der Waals surface area contributed by atoms with Crippen LogP contribution >= 0.6 is 0 Å². The number of hydrogen-bond donors (Lipinski definition) is 0. The van der Waals surface area contributed by atoms with Gasteiger partial charge in [0.25, 0.3) is 0 Å². The minimum atomic E-state index is 0. The van der Waals surface area contributed by atoms with E-state index in [9.17, 15) is 0 Å². The normalized spacial score (nSPS) is 10.0. The smallest absolute Gasteiger partial charge is 0.0622 e. The molecular formula is C14H15+. The Bertz CT molecular complexity index is 328. The first kappa shape index (κ1) is 9.01. The van der Waals surface area contributed by atoms with Crippen molar-refractivity contribution in [3.05, 3.63) is 71.8 Å². The van der Waals surface area contributed by atoms with Gasteiger partial charge in [-0.3, -0.25) is 0 Å². The highest BCUT2D eigenvalue weighted by molar-refractivity contribution is 5.19. The predicted octanol–water partition coefficient (Wildman–Crippen LogP) is 3.58. The lowest BCUT2D eigenvalue weighted by Gasteiger charge is -2.01. The zero-order chi connectivity index (χ0) is 9.64. The van der Waals surface area contributed by atoms with E-state index in [-0.39, 0.29) is 1.43 Å². The molecule has 0 nitrogen and oxygen atoms in total. The van der Waals surface area contributed by atoms with E-state index in [1.54, 1.807) is 0 Å². The molecule has 0 saturated heterocycles. The standard InChI is InChI=1S/C14H14/c1-3-7-13(8-4-1)11-12-14-9-5-2-6-10-14/h1-10H,11-12H2/p+1. The zero-order valence-corrected chi connectivity index (χ0v) is 8.19. The van der Waals surface area contributed by atoms with Crippen molar-refractivity contribution in [1.29, 1.82) is 0 Å². The second-order valence-corrected chi connectivity index (χ2v) is 3.47. The third kappa shape index (κ3) is 2.46. The largest absolute Gasteiger partial charge is 1.00 e. The maximum atomic E-state index is 2.18. The van der Waals surface area contributed by atoms with Gasteiger partial charge >= 0.3 is 1.43 Å². The molecule has 70 valence electrons. The molecule has 2 aromatic carbocycles. The van der Waals surface area contributed by atoms with Gasteiger partial charge < -0.3 is 0 Å². The molecule has 0 atom stereocenters. The summed E-state index contributed by atoms with van der Waals surface area (Å²) < 4.78 is 0. The fourth-order valence-corrected chi connectivity index (χ4v) is 1.58. The van der Waals surface area contributed by atoms with Gasteiger partial charge in [0.15, 0.2) is 0 Å². The first-order chi connectivity index (χ1) is 6.95. The van der Waals surface area contributed by atoms with Gasteiger partial charge in [-0.15, -0.1) is 0 Å². The summed E-state index contributed by atoms with van der Waals surface area (Å²) in [6.07, 6.45) is 2.26. The van der Waals surface area contributed by atoms with Gasteiger partial charge in [-0.05, 0) is 24.0 Å². The third-order valence-corrected chi connectivity index (χ3v) is 2.39. The highest BCUT2D eigenvalue weighted by Crippen LogP contribution is 2.06. The van der Waals surface area contributed by atoms with E-state index in [2.05, 4.69) is 60.7 Å². The van der Waals surface area contributed by atoms with Crippen LogP contribution in [0, 0.1) is 0 Å². The molecule has 2 aromatic rings. The Balaban J connectivity index is 0.00000112. The van der Waals surface area contributed by atoms with Crippen molar-refractivity contribution in [2.24, 2.45) is 0 Å². The molecule has 0 unspecified atom stereocenters. The van der Waals surface area contributed by atoms with E-state index >= 15 is 0 Å². The van der Waals surface area contributed by atoms with Crippen molar-refractivity contribution < 1.29 is 1.43 Å². The van der Waals surface area contributed by atoms with Crippen LogP contribution in [0.3, 0.4) is 0 Å². The fourth-order valence-electron chi connectivity index (χ4n) is 1.58. The molecule has 0 aliphatic heterocycles. The second kappa shape index (κ2) is 4.61. The van der Waals surface area contributed by atoms with E-state index in [0.717, 1.165) is 12.8 Å². The van der Waals surface area contributed by atoms with E-state index in [1.165, 1.54) is 11.1 Å². The molecule has 0 aromatic heterocycles.